The van der Waals surface area contributed by atoms with E-state index in [1.165, 1.54) is 4.90 Å². The lowest BCUT2D eigenvalue weighted by atomic mass is 10.1. The van der Waals surface area contributed by atoms with Gasteiger partial charge in [0.25, 0.3) is 0 Å². The number of likely N-dealkylation sites (tertiary alicyclic amines) is 1. The predicted octanol–water partition coefficient (Wildman–Crippen LogP) is 1.08. The molecule has 23 heavy (non-hydrogen) atoms. The predicted molar refractivity (Wildman–Crippen MR) is 80.4 cm³/mol. The molecule has 0 bridgehead atoms. The average Bonchev–Trinajstić information content (AvgIpc) is 2.90. The number of carbonyl (C=O) groups excluding carboxylic acids is 2. The zero-order valence-corrected chi connectivity index (χ0v) is 13.0. The van der Waals surface area contributed by atoms with Crippen molar-refractivity contribution in [1.82, 2.24) is 4.90 Å². The van der Waals surface area contributed by atoms with Crippen molar-refractivity contribution in [3.05, 3.63) is 22.7 Å². The zero-order chi connectivity index (χ0) is 16.6. The number of primary amides is 1. The van der Waals surface area contributed by atoms with Gasteiger partial charge in [0.2, 0.25) is 11.8 Å². The number of nitrogens with zero attached hydrogens (tertiary/aromatic N) is 1. The van der Waals surface area contributed by atoms with Gasteiger partial charge in [-0.1, -0.05) is 11.6 Å². The molecular formula is C15H16ClFN2O4. The molecule has 2 aliphatic rings. The van der Waals surface area contributed by atoms with Crippen molar-refractivity contribution in [3.8, 4) is 11.5 Å². The molecule has 124 valence electrons. The Hall–Kier alpha value is -2.02. The molecular weight excluding hydrogens is 327 g/mol. The summed E-state index contributed by atoms with van der Waals surface area (Å²) in [6.45, 7) is 0.696. The summed E-state index contributed by atoms with van der Waals surface area (Å²) in [5.41, 5.74) is 5.85. The topological polar surface area (TPSA) is 81.9 Å². The molecule has 6 nitrogen and oxygen atoms in total. The zero-order valence-electron chi connectivity index (χ0n) is 12.3. The highest BCUT2D eigenvalue weighted by Crippen LogP contribution is 2.38. The number of ether oxygens (including phenoxy) is 2. The number of fused-ring (bicyclic) bond motifs is 1. The van der Waals surface area contributed by atoms with Gasteiger partial charge in [-0.3, -0.25) is 9.59 Å². The van der Waals surface area contributed by atoms with E-state index in [1.807, 2.05) is 0 Å². The maximum Gasteiger partial charge on any atom is 0.240 e. The van der Waals surface area contributed by atoms with Crippen LogP contribution in [-0.4, -0.2) is 48.7 Å². The minimum Gasteiger partial charge on any atom is -0.486 e. The van der Waals surface area contributed by atoms with E-state index in [2.05, 4.69) is 0 Å². The van der Waals surface area contributed by atoms with Gasteiger partial charge in [0.1, 0.15) is 25.4 Å². The number of hydrogen-bond acceptors (Lipinski definition) is 4. The van der Waals surface area contributed by atoms with Gasteiger partial charge in [0.05, 0.1) is 18.0 Å². The molecule has 2 atom stereocenters. The first kappa shape index (κ1) is 15.9. The molecule has 3 rings (SSSR count). The standard InChI is InChI=1S/C15H16ClFN2O4/c16-10-3-8(4-12-14(10)23-2-1-22-12)5-13(20)19-7-9(17)6-11(19)15(18)21/h3-4,9,11H,1-2,5-7H2,(H2,18,21)/t9-,11+/m1/s1. The summed E-state index contributed by atoms with van der Waals surface area (Å²) in [6.07, 6.45) is -1.31. The van der Waals surface area contributed by atoms with E-state index in [0.29, 0.717) is 35.3 Å². The normalized spacial score (nSPS) is 23.0. The molecule has 0 radical (unpaired) electrons. The van der Waals surface area contributed by atoms with Crippen LogP contribution in [0.25, 0.3) is 0 Å². The van der Waals surface area contributed by atoms with Crippen molar-refractivity contribution in [2.75, 3.05) is 19.8 Å². The van der Waals surface area contributed by atoms with E-state index in [-0.39, 0.29) is 25.3 Å². The highest BCUT2D eigenvalue weighted by Gasteiger charge is 2.38. The lowest BCUT2D eigenvalue weighted by molar-refractivity contribution is -0.136. The highest BCUT2D eigenvalue weighted by molar-refractivity contribution is 6.32. The monoisotopic (exact) mass is 342 g/mol. The van der Waals surface area contributed by atoms with Crippen LogP contribution in [0.5, 0.6) is 11.5 Å². The molecule has 0 spiro atoms. The fraction of sp³-hybridized carbons (Fsp3) is 0.467. The maximum absolute atomic E-state index is 13.5. The third-order valence-electron chi connectivity index (χ3n) is 3.91. The second-order valence-electron chi connectivity index (χ2n) is 5.58. The summed E-state index contributed by atoms with van der Waals surface area (Å²) in [6, 6.07) is 2.38. The van der Waals surface area contributed by atoms with E-state index >= 15 is 0 Å². The van der Waals surface area contributed by atoms with E-state index < -0.39 is 18.1 Å². The van der Waals surface area contributed by atoms with E-state index in [0.717, 1.165) is 0 Å². The van der Waals surface area contributed by atoms with Crippen LogP contribution >= 0.6 is 11.6 Å². The van der Waals surface area contributed by atoms with Gasteiger partial charge in [-0.25, -0.2) is 4.39 Å². The van der Waals surface area contributed by atoms with Crippen LogP contribution in [0.2, 0.25) is 5.02 Å². The Morgan fingerprint density at radius 2 is 2.09 bits per heavy atom. The summed E-state index contributed by atoms with van der Waals surface area (Å²) < 4.78 is 24.4. The van der Waals surface area contributed by atoms with Gasteiger partial charge in [0, 0.05) is 6.42 Å². The van der Waals surface area contributed by atoms with Crippen molar-refractivity contribution < 1.29 is 23.5 Å². The third-order valence-corrected chi connectivity index (χ3v) is 4.19. The van der Waals surface area contributed by atoms with Crippen molar-refractivity contribution in [1.29, 1.82) is 0 Å². The summed E-state index contributed by atoms with van der Waals surface area (Å²) >= 11 is 6.13. The van der Waals surface area contributed by atoms with Gasteiger partial charge >= 0.3 is 0 Å². The fourth-order valence-electron chi connectivity index (χ4n) is 2.87. The van der Waals surface area contributed by atoms with Crippen LogP contribution in [0.3, 0.4) is 0 Å². The minimum absolute atomic E-state index is 0.0210. The number of amides is 2. The minimum atomic E-state index is -1.24. The van der Waals surface area contributed by atoms with Gasteiger partial charge in [0.15, 0.2) is 11.5 Å². The van der Waals surface area contributed by atoms with Crippen molar-refractivity contribution in [2.45, 2.75) is 25.1 Å². The number of carbonyl (C=O) groups is 2. The van der Waals surface area contributed by atoms with Gasteiger partial charge in [-0.2, -0.15) is 0 Å². The number of hydrogen-bond donors (Lipinski definition) is 1. The molecule has 1 aromatic carbocycles. The van der Waals surface area contributed by atoms with Crippen molar-refractivity contribution in [3.63, 3.8) is 0 Å². The molecule has 2 aliphatic heterocycles. The largest absolute Gasteiger partial charge is 0.486 e. The molecule has 1 fully saturated rings. The molecule has 0 saturated carbocycles. The number of alkyl halides is 1. The molecule has 2 N–H and O–H groups in total. The quantitative estimate of drug-likeness (QED) is 0.891. The molecule has 0 aromatic heterocycles. The summed E-state index contributed by atoms with van der Waals surface area (Å²) in [5, 5.41) is 0.348. The Labute approximate surface area is 137 Å². The number of benzene rings is 1. The fourth-order valence-corrected chi connectivity index (χ4v) is 3.16. The molecule has 1 aromatic rings. The molecule has 1 saturated heterocycles. The molecule has 0 aliphatic carbocycles. The van der Waals surface area contributed by atoms with E-state index in [4.69, 9.17) is 26.8 Å². The average molecular weight is 343 g/mol. The molecule has 8 heteroatoms. The third kappa shape index (κ3) is 3.19. The second-order valence-corrected chi connectivity index (χ2v) is 5.98. The maximum atomic E-state index is 13.5. The van der Waals surface area contributed by atoms with Crippen LogP contribution < -0.4 is 15.2 Å². The second kappa shape index (κ2) is 6.23. The lowest BCUT2D eigenvalue weighted by Crippen LogP contribution is -2.44. The Bertz CT molecular complexity index is 655. The lowest BCUT2D eigenvalue weighted by Gasteiger charge is -2.23. The van der Waals surface area contributed by atoms with Crippen molar-refractivity contribution >= 4 is 23.4 Å². The first-order valence-electron chi connectivity index (χ1n) is 7.26. The number of nitrogens with two attached hydrogens (primary N) is 1. The van der Waals surface area contributed by atoms with Crippen LogP contribution in [0.4, 0.5) is 4.39 Å². The van der Waals surface area contributed by atoms with Crippen LogP contribution in [0.15, 0.2) is 12.1 Å². The van der Waals surface area contributed by atoms with Crippen LogP contribution in [0.1, 0.15) is 12.0 Å². The van der Waals surface area contributed by atoms with Gasteiger partial charge < -0.3 is 20.1 Å². The smallest absolute Gasteiger partial charge is 0.240 e. The molecule has 2 amide bonds. The summed E-state index contributed by atoms with van der Waals surface area (Å²) in [5.74, 6) is -0.141. The molecule has 2 heterocycles. The van der Waals surface area contributed by atoms with E-state index in [9.17, 15) is 14.0 Å². The first-order valence-corrected chi connectivity index (χ1v) is 7.64. The van der Waals surface area contributed by atoms with E-state index in [1.54, 1.807) is 12.1 Å². The summed E-state index contributed by atoms with van der Waals surface area (Å²) in [7, 11) is 0. The Kier molecular flexibility index (Phi) is 4.30. The van der Waals surface area contributed by atoms with Crippen LogP contribution in [0, 0.1) is 0 Å². The number of rotatable bonds is 3. The van der Waals surface area contributed by atoms with Crippen molar-refractivity contribution in [2.24, 2.45) is 5.73 Å². The molecule has 0 unspecified atom stereocenters. The Morgan fingerprint density at radius 1 is 1.35 bits per heavy atom. The highest BCUT2D eigenvalue weighted by atomic mass is 35.5. The van der Waals surface area contributed by atoms with Crippen LogP contribution in [-0.2, 0) is 16.0 Å². The summed E-state index contributed by atoms with van der Waals surface area (Å²) in [4.78, 5) is 24.9. The SMILES string of the molecule is NC(=O)[C@@H]1C[C@@H](F)CN1C(=O)Cc1cc(Cl)c2c(c1)OCCO2. The number of halogens is 2. The Morgan fingerprint density at radius 3 is 2.83 bits per heavy atom. The first-order chi connectivity index (χ1) is 11.0. The Balaban J connectivity index is 1.78. The van der Waals surface area contributed by atoms with Gasteiger partial charge in [-0.15, -0.1) is 0 Å². The van der Waals surface area contributed by atoms with Gasteiger partial charge in [-0.05, 0) is 17.7 Å².